The third kappa shape index (κ3) is 4.42. The van der Waals surface area contributed by atoms with E-state index >= 15 is 0 Å². The molecule has 0 aromatic heterocycles. The minimum absolute atomic E-state index is 0.00228. The van der Waals surface area contributed by atoms with E-state index in [9.17, 15) is 4.79 Å². The maximum absolute atomic E-state index is 12.8. The van der Waals surface area contributed by atoms with Gasteiger partial charge in [0, 0.05) is 37.6 Å². The first-order chi connectivity index (χ1) is 12.6. The summed E-state index contributed by atoms with van der Waals surface area (Å²) >= 11 is 1.73. The molecule has 1 saturated heterocycles. The molecule has 1 aliphatic rings. The number of thioether (sulfide) groups is 1. The van der Waals surface area contributed by atoms with Crippen molar-refractivity contribution in [3.63, 3.8) is 0 Å². The van der Waals surface area contributed by atoms with E-state index in [0.717, 1.165) is 31.9 Å². The first-order valence-electron chi connectivity index (χ1n) is 9.31. The maximum Gasteiger partial charge on any atom is 0.235 e. The highest BCUT2D eigenvalue weighted by molar-refractivity contribution is 7.99. The number of benzene rings is 2. The van der Waals surface area contributed by atoms with Crippen LogP contribution in [0.2, 0.25) is 0 Å². The summed E-state index contributed by atoms with van der Waals surface area (Å²) in [4.78, 5) is 17.2. The lowest BCUT2D eigenvalue weighted by Gasteiger charge is -2.38. The Morgan fingerprint density at radius 2 is 1.69 bits per heavy atom. The van der Waals surface area contributed by atoms with Crippen molar-refractivity contribution in [1.29, 1.82) is 0 Å². The van der Waals surface area contributed by atoms with Gasteiger partial charge < -0.3 is 9.80 Å². The standard InChI is InChI=1S/C22H28N2OS/c1-17-8-7-11-21(18(17)2)23-12-14-24(15-13-23)22(25)19(3)26-16-20-9-5-4-6-10-20/h4-11,19H,12-16H2,1-3H3/t19-/m0/s1. The summed E-state index contributed by atoms with van der Waals surface area (Å²) in [5.74, 6) is 1.16. The van der Waals surface area contributed by atoms with Gasteiger partial charge in [0.2, 0.25) is 5.91 Å². The van der Waals surface area contributed by atoms with Gasteiger partial charge in [0.05, 0.1) is 5.25 Å². The molecular formula is C22H28N2OS. The Morgan fingerprint density at radius 1 is 1.00 bits per heavy atom. The number of rotatable bonds is 5. The van der Waals surface area contributed by atoms with Crippen LogP contribution in [0, 0.1) is 13.8 Å². The van der Waals surface area contributed by atoms with Crippen molar-refractivity contribution in [3.05, 3.63) is 65.2 Å². The van der Waals surface area contributed by atoms with Gasteiger partial charge in [0.15, 0.2) is 0 Å². The molecule has 2 aromatic rings. The third-order valence-electron chi connectivity index (χ3n) is 5.20. The average Bonchev–Trinajstić information content (AvgIpc) is 2.68. The summed E-state index contributed by atoms with van der Waals surface area (Å²) in [7, 11) is 0. The van der Waals surface area contributed by atoms with E-state index in [2.05, 4.69) is 61.2 Å². The molecule has 0 saturated carbocycles. The molecule has 3 rings (SSSR count). The molecular weight excluding hydrogens is 340 g/mol. The second-order valence-electron chi connectivity index (χ2n) is 6.97. The fourth-order valence-corrected chi connectivity index (χ4v) is 4.30. The van der Waals surface area contributed by atoms with Crippen LogP contribution in [0.3, 0.4) is 0 Å². The molecule has 2 aromatic carbocycles. The Kier molecular flexibility index (Phi) is 6.25. The van der Waals surface area contributed by atoms with Gasteiger partial charge in [-0.25, -0.2) is 0 Å². The summed E-state index contributed by atoms with van der Waals surface area (Å²) in [5.41, 5.74) is 5.26. The van der Waals surface area contributed by atoms with Crippen molar-refractivity contribution in [1.82, 2.24) is 4.90 Å². The molecule has 1 fully saturated rings. The van der Waals surface area contributed by atoms with Crippen molar-refractivity contribution in [3.8, 4) is 0 Å². The highest BCUT2D eigenvalue weighted by Crippen LogP contribution is 2.25. The zero-order chi connectivity index (χ0) is 18.5. The quantitative estimate of drug-likeness (QED) is 0.787. The summed E-state index contributed by atoms with van der Waals surface area (Å²) in [6.45, 7) is 9.81. The largest absolute Gasteiger partial charge is 0.368 e. The van der Waals surface area contributed by atoms with Crippen molar-refractivity contribution in [2.75, 3.05) is 31.1 Å². The lowest BCUT2D eigenvalue weighted by atomic mass is 10.1. The van der Waals surface area contributed by atoms with E-state index in [1.165, 1.54) is 22.4 Å². The molecule has 1 amide bonds. The van der Waals surface area contributed by atoms with Crippen LogP contribution in [-0.2, 0) is 10.5 Å². The normalized spacial score (nSPS) is 15.8. The lowest BCUT2D eigenvalue weighted by Crippen LogP contribution is -2.50. The third-order valence-corrected chi connectivity index (χ3v) is 6.40. The van der Waals surface area contributed by atoms with Crippen LogP contribution in [0.4, 0.5) is 5.69 Å². The van der Waals surface area contributed by atoms with Crippen LogP contribution in [0.5, 0.6) is 0 Å². The predicted molar refractivity (Wildman–Crippen MR) is 112 cm³/mol. The predicted octanol–water partition coefficient (Wildman–Crippen LogP) is 4.27. The minimum atomic E-state index is 0.00228. The summed E-state index contributed by atoms with van der Waals surface area (Å²) < 4.78 is 0. The van der Waals surface area contributed by atoms with Gasteiger partial charge >= 0.3 is 0 Å². The topological polar surface area (TPSA) is 23.6 Å². The van der Waals surface area contributed by atoms with Gasteiger partial charge in [-0.3, -0.25) is 4.79 Å². The minimum Gasteiger partial charge on any atom is -0.368 e. The number of piperazine rings is 1. The molecule has 0 bridgehead atoms. The van der Waals surface area contributed by atoms with Crippen LogP contribution in [0.25, 0.3) is 0 Å². The number of amides is 1. The molecule has 0 radical (unpaired) electrons. The smallest absolute Gasteiger partial charge is 0.235 e. The monoisotopic (exact) mass is 368 g/mol. The van der Waals surface area contributed by atoms with E-state index in [4.69, 9.17) is 0 Å². The van der Waals surface area contributed by atoms with Crippen LogP contribution < -0.4 is 4.90 Å². The fraction of sp³-hybridized carbons (Fsp3) is 0.409. The van der Waals surface area contributed by atoms with Gasteiger partial charge in [-0.1, -0.05) is 42.5 Å². The highest BCUT2D eigenvalue weighted by atomic mass is 32.2. The SMILES string of the molecule is Cc1cccc(N2CCN(C(=O)[C@H](C)SCc3ccccc3)CC2)c1C. The van der Waals surface area contributed by atoms with Gasteiger partial charge in [-0.2, -0.15) is 0 Å². The van der Waals surface area contributed by atoms with E-state index < -0.39 is 0 Å². The molecule has 0 N–H and O–H groups in total. The van der Waals surface area contributed by atoms with Gasteiger partial charge in [-0.15, -0.1) is 11.8 Å². The lowest BCUT2D eigenvalue weighted by molar-refractivity contribution is -0.130. The van der Waals surface area contributed by atoms with E-state index in [0.29, 0.717) is 0 Å². The Balaban J connectivity index is 1.52. The summed E-state index contributed by atoms with van der Waals surface area (Å²) in [6.07, 6.45) is 0. The molecule has 0 spiro atoms. The zero-order valence-corrected chi connectivity index (χ0v) is 16.8. The van der Waals surface area contributed by atoms with E-state index in [-0.39, 0.29) is 11.2 Å². The summed E-state index contributed by atoms with van der Waals surface area (Å²) in [6, 6.07) is 16.8. The molecule has 138 valence electrons. The van der Waals surface area contributed by atoms with Gasteiger partial charge in [-0.05, 0) is 43.5 Å². The second kappa shape index (κ2) is 8.63. The Bertz CT molecular complexity index is 739. The number of carbonyl (C=O) groups excluding carboxylic acids is 1. The number of carbonyl (C=O) groups is 1. The van der Waals surface area contributed by atoms with Crippen molar-refractivity contribution >= 4 is 23.4 Å². The maximum atomic E-state index is 12.8. The van der Waals surface area contributed by atoms with Crippen LogP contribution in [-0.4, -0.2) is 42.2 Å². The fourth-order valence-electron chi connectivity index (χ4n) is 3.37. The number of hydrogen-bond donors (Lipinski definition) is 0. The Labute approximate surface area is 161 Å². The first-order valence-corrected chi connectivity index (χ1v) is 10.4. The van der Waals surface area contributed by atoms with Crippen molar-refractivity contribution in [2.24, 2.45) is 0 Å². The molecule has 1 heterocycles. The Hall–Kier alpha value is -1.94. The molecule has 0 aliphatic carbocycles. The number of hydrogen-bond acceptors (Lipinski definition) is 3. The van der Waals surface area contributed by atoms with Crippen LogP contribution >= 0.6 is 11.8 Å². The highest BCUT2D eigenvalue weighted by Gasteiger charge is 2.25. The van der Waals surface area contributed by atoms with Crippen LogP contribution in [0.15, 0.2) is 48.5 Å². The van der Waals surface area contributed by atoms with Gasteiger partial charge in [0.25, 0.3) is 0 Å². The zero-order valence-electron chi connectivity index (χ0n) is 15.9. The van der Waals surface area contributed by atoms with Crippen molar-refractivity contribution in [2.45, 2.75) is 31.8 Å². The molecule has 26 heavy (non-hydrogen) atoms. The second-order valence-corrected chi connectivity index (χ2v) is 8.30. The molecule has 0 unspecified atom stereocenters. The van der Waals surface area contributed by atoms with Crippen molar-refractivity contribution < 1.29 is 4.79 Å². The van der Waals surface area contributed by atoms with Crippen LogP contribution in [0.1, 0.15) is 23.6 Å². The molecule has 1 atom stereocenters. The van der Waals surface area contributed by atoms with E-state index in [1.807, 2.05) is 17.9 Å². The molecule has 1 aliphatic heterocycles. The average molecular weight is 369 g/mol. The van der Waals surface area contributed by atoms with Gasteiger partial charge in [0.1, 0.15) is 0 Å². The van der Waals surface area contributed by atoms with E-state index in [1.54, 1.807) is 11.8 Å². The Morgan fingerprint density at radius 3 is 2.38 bits per heavy atom. The number of anilines is 1. The number of nitrogens with zero attached hydrogens (tertiary/aromatic N) is 2. The summed E-state index contributed by atoms with van der Waals surface area (Å²) in [5, 5.41) is 0.00228. The molecule has 4 heteroatoms. The molecule has 3 nitrogen and oxygen atoms in total. The first kappa shape index (κ1) is 18.8. The number of aryl methyl sites for hydroxylation is 1.